The van der Waals surface area contributed by atoms with Gasteiger partial charge in [0.2, 0.25) is 0 Å². The summed E-state index contributed by atoms with van der Waals surface area (Å²) >= 11 is 0. The Labute approximate surface area is 80.5 Å². The quantitative estimate of drug-likeness (QED) is 0.701. The monoisotopic (exact) mass is 200 g/mol. The highest BCUT2D eigenvalue weighted by Crippen LogP contribution is 2.23. The number of rotatable bonds is 3. The summed E-state index contributed by atoms with van der Waals surface area (Å²) in [7, 11) is 0. The predicted octanol–water partition coefficient (Wildman–Crippen LogP) is 2.57. The maximum atomic E-state index is 13.1. The molecule has 0 fully saturated rings. The van der Waals surface area contributed by atoms with Gasteiger partial charge in [-0.3, -0.25) is 4.79 Å². The van der Waals surface area contributed by atoms with Crippen LogP contribution >= 0.6 is 0 Å². The SMILES string of the molecule is CCOc1cc(F)cc(F)c1C(C)=O. The fourth-order valence-corrected chi connectivity index (χ4v) is 1.16. The lowest BCUT2D eigenvalue weighted by atomic mass is 10.1. The van der Waals surface area contributed by atoms with Crippen LogP contribution in [0.4, 0.5) is 8.78 Å². The number of carbonyl (C=O) groups excluding carboxylic acids is 1. The highest BCUT2D eigenvalue weighted by atomic mass is 19.1. The van der Waals surface area contributed by atoms with E-state index in [1.807, 2.05) is 0 Å². The Morgan fingerprint density at radius 2 is 2.07 bits per heavy atom. The fraction of sp³-hybridized carbons (Fsp3) is 0.300. The van der Waals surface area contributed by atoms with Gasteiger partial charge >= 0.3 is 0 Å². The first-order valence-corrected chi connectivity index (χ1v) is 4.19. The first-order chi connectivity index (χ1) is 6.56. The molecule has 1 rings (SSSR count). The summed E-state index contributed by atoms with van der Waals surface area (Å²) in [5.41, 5.74) is -0.201. The Balaban J connectivity index is 3.28. The van der Waals surface area contributed by atoms with Crippen LogP contribution in [0.5, 0.6) is 5.75 Å². The van der Waals surface area contributed by atoms with E-state index < -0.39 is 17.4 Å². The number of benzene rings is 1. The molecule has 0 atom stereocenters. The minimum atomic E-state index is -0.888. The number of hydrogen-bond donors (Lipinski definition) is 0. The number of Topliss-reactive ketones (excluding diaryl/α,β-unsaturated/α-hetero) is 1. The highest BCUT2D eigenvalue weighted by molar-refractivity contribution is 5.97. The summed E-state index contributed by atoms with van der Waals surface area (Å²) < 4.78 is 30.9. The van der Waals surface area contributed by atoms with Crippen molar-refractivity contribution in [3.05, 3.63) is 29.3 Å². The smallest absolute Gasteiger partial charge is 0.166 e. The Hall–Kier alpha value is -1.45. The van der Waals surface area contributed by atoms with E-state index in [4.69, 9.17) is 4.74 Å². The minimum absolute atomic E-state index is 0.0440. The van der Waals surface area contributed by atoms with Gasteiger partial charge in [-0.25, -0.2) is 8.78 Å². The molecule has 0 bridgehead atoms. The number of ketones is 1. The third-order valence-corrected chi connectivity index (χ3v) is 1.67. The van der Waals surface area contributed by atoms with E-state index in [2.05, 4.69) is 0 Å². The third-order valence-electron chi connectivity index (χ3n) is 1.67. The van der Waals surface area contributed by atoms with Gasteiger partial charge in [-0.2, -0.15) is 0 Å². The topological polar surface area (TPSA) is 26.3 Å². The molecule has 1 aromatic carbocycles. The summed E-state index contributed by atoms with van der Waals surface area (Å²) in [6, 6.07) is 1.67. The predicted molar refractivity (Wildman–Crippen MR) is 47.5 cm³/mol. The van der Waals surface area contributed by atoms with Crippen LogP contribution in [0.3, 0.4) is 0 Å². The van der Waals surface area contributed by atoms with Crippen molar-refractivity contribution >= 4 is 5.78 Å². The van der Waals surface area contributed by atoms with Crippen molar-refractivity contribution in [1.82, 2.24) is 0 Å². The average Bonchev–Trinajstić information content (AvgIpc) is 2.01. The molecule has 2 nitrogen and oxygen atoms in total. The fourth-order valence-electron chi connectivity index (χ4n) is 1.16. The summed E-state index contributed by atoms with van der Waals surface area (Å²) in [5.74, 6) is -2.17. The Bertz CT molecular complexity index is 361. The number of carbonyl (C=O) groups is 1. The second kappa shape index (κ2) is 4.17. The molecule has 0 aromatic heterocycles. The van der Waals surface area contributed by atoms with Crippen LogP contribution in [0.1, 0.15) is 24.2 Å². The lowest BCUT2D eigenvalue weighted by molar-refractivity contribution is 0.101. The van der Waals surface area contributed by atoms with Gasteiger partial charge in [0, 0.05) is 12.1 Å². The molecule has 76 valence electrons. The van der Waals surface area contributed by atoms with Gasteiger partial charge in [-0.05, 0) is 13.8 Å². The van der Waals surface area contributed by atoms with Gasteiger partial charge in [-0.15, -0.1) is 0 Å². The van der Waals surface area contributed by atoms with Gasteiger partial charge in [0.1, 0.15) is 17.4 Å². The van der Waals surface area contributed by atoms with Crippen LogP contribution in [0.15, 0.2) is 12.1 Å². The van der Waals surface area contributed by atoms with E-state index in [0.717, 1.165) is 6.07 Å². The second-order valence-electron chi connectivity index (χ2n) is 2.75. The maximum Gasteiger partial charge on any atom is 0.166 e. The molecule has 0 radical (unpaired) electrons. The third kappa shape index (κ3) is 2.07. The normalized spacial score (nSPS) is 10.0. The number of hydrogen-bond acceptors (Lipinski definition) is 2. The van der Waals surface area contributed by atoms with Crippen LogP contribution < -0.4 is 4.74 Å². The van der Waals surface area contributed by atoms with Gasteiger partial charge in [0.15, 0.2) is 5.78 Å². The van der Waals surface area contributed by atoms with Gasteiger partial charge in [-0.1, -0.05) is 0 Å². The highest BCUT2D eigenvalue weighted by Gasteiger charge is 2.15. The molecular formula is C10H10F2O2. The molecule has 0 amide bonds. The van der Waals surface area contributed by atoms with E-state index in [0.29, 0.717) is 6.07 Å². The van der Waals surface area contributed by atoms with Gasteiger partial charge in [0.25, 0.3) is 0 Å². The summed E-state index contributed by atoms with van der Waals surface area (Å²) in [6.45, 7) is 3.13. The molecule has 14 heavy (non-hydrogen) atoms. The van der Waals surface area contributed by atoms with Crippen LogP contribution in [0, 0.1) is 11.6 Å². The molecule has 0 saturated carbocycles. The van der Waals surface area contributed by atoms with Crippen molar-refractivity contribution in [3.8, 4) is 5.75 Å². The van der Waals surface area contributed by atoms with Crippen molar-refractivity contribution in [3.63, 3.8) is 0 Å². The van der Waals surface area contributed by atoms with Crippen LogP contribution in [-0.4, -0.2) is 12.4 Å². The molecule has 0 aliphatic rings. The van der Waals surface area contributed by atoms with Crippen molar-refractivity contribution in [2.45, 2.75) is 13.8 Å². The maximum absolute atomic E-state index is 13.1. The molecule has 0 heterocycles. The number of halogens is 2. The second-order valence-corrected chi connectivity index (χ2v) is 2.75. The standard InChI is InChI=1S/C10H10F2O2/c1-3-14-9-5-7(11)4-8(12)10(9)6(2)13/h4-5H,3H2,1-2H3. The summed E-state index contributed by atoms with van der Waals surface area (Å²) in [4.78, 5) is 11.0. The molecule has 0 saturated heterocycles. The zero-order valence-electron chi connectivity index (χ0n) is 7.93. The number of ether oxygens (including phenoxy) is 1. The van der Waals surface area contributed by atoms with Crippen molar-refractivity contribution in [2.75, 3.05) is 6.61 Å². The van der Waals surface area contributed by atoms with E-state index in [1.165, 1.54) is 6.92 Å². The van der Waals surface area contributed by atoms with Gasteiger partial charge in [0.05, 0.1) is 12.2 Å². The minimum Gasteiger partial charge on any atom is -0.493 e. The van der Waals surface area contributed by atoms with Crippen LogP contribution in [-0.2, 0) is 0 Å². The van der Waals surface area contributed by atoms with Gasteiger partial charge < -0.3 is 4.74 Å². The van der Waals surface area contributed by atoms with E-state index in [1.54, 1.807) is 6.92 Å². The molecular weight excluding hydrogens is 190 g/mol. The molecule has 0 N–H and O–H groups in total. The molecule has 0 aliphatic heterocycles. The Morgan fingerprint density at radius 1 is 1.43 bits per heavy atom. The first kappa shape index (κ1) is 10.6. The first-order valence-electron chi connectivity index (χ1n) is 4.19. The van der Waals surface area contributed by atoms with Crippen LogP contribution in [0.25, 0.3) is 0 Å². The Morgan fingerprint density at radius 3 is 2.57 bits per heavy atom. The zero-order chi connectivity index (χ0) is 10.7. The molecule has 4 heteroatoms. The molecule has 1 aromatic rings. The van der Waals surface area contributed by atoms with E-state index >= 15 is 0 Å². The lowest BCUT2D eigenvalue weighted by Crippen LogP contribution is -2.04. The van der Waals surface area contributed by atoms with E-state index in [9.17, 15) is 13.6 Å². The zero-order valence-corrected chi connectivity index (χ0v) is 7.93. The molecule has 0 unspecified atom stereocenters. The molecule has 0 aliphatic carbocycles. The van der Waals surface area contributed by atoms with Crippen molar-refractivity contribution in [2.24, 2.45) is 0 Å². The largest absolute Gasteiger partial charge is 0.493 e. The summed E-state index contributed by atoms with van der Waals surface area (Å²) in [6.07, 6.45) is 0. The van der Waals surface area contributed by atoms with Crippen molar-refractivity contribution < 1.29 is 18.3 Å². The van der Waals surface area contributed by atoms with Crippen molar-refractivity contribution in [1.29, 1.82) is 0 Å². The van der Waals surface area contributed by atoms with E-state index in [-0.39, 0.29) is 17.9 Å². The molecule has 0 spiro atoms. The van der Waals surface area contributed by atoms with Crippen LogP contribution in [0.2, 0.25) is 0 Å². The lowest BCUT2D eigenvalue weighted by Gasteiger charge is -2.08. The Kier molecular flexibility index (Phi) is 3.17. The average molecular weight is 200 g/mol. The summed E-state index contributed by atoms with van der Waals surface area (Å²) in [5, 5.41) is 0.